The molecule has 1 N–H and O–H groups in total. The molecule has 0 saturated heterocycles. The van der Waals surface area contributed by atoms with Gasteiger partial charge in [-0.1, -0.05) is 48.0 Å². The molecule has 128 valence electrons. The van der Waals surface area contributed by atoms with E-state index < -0.39 is 17.9 Å². The van der Waals surface area contributed by atoms with E-state index in [0.717, 1.165) is 0 Å². The van der Waals surface area contributed by atoms with Crippen LogP contribution in [0.25, 0.3) is 0 Å². The van der Waals surface area contributed by atoms with Gasteiger partial charge in [0.05, 0.1) is 0 Å². The van der Waals surface area contributed by atoms with E-state index in [1.165, 1.54) is 0 Å². The number of nitrogens with one attached hydrogen (secondary N) is 1. The van der Waals surface area contributed by atoms with Crippen molar-refractivity contribution in [1.29, 1.82) is 0 Å². The predicted octanol–water partition coefficient (Wildman–Crippen LogP) is 3.87. The summed E-state index contributed by atoms with van der Waals surface area (Å²) in [5, 5.41) is 3.43. The lowest BCUT2D eigenvalue weighted by atomic mass is 10.1. The Morgan fingerprint density at radius 2 is 1.84 bits per heavy atom. The fourth-order valence-corrected chi connectivity index (χ4v) is 2.74. The number of para-hydroxylation sites is 1. The standard InChI is InChI=1S/C19H16ClNO4/c1-12(14-9-5-6-10-15(14)20)25-19(23)17-16(22)11-24-18(17)21-13-7-3-2-4-8-13/h2-10,12,21H,11H2,1H3/t12-/m1/s1. The van der Waals surface area contributed by atoms with Crippen molar-refractivity contribution in [3.8, 4) is 0 Å². The van der Waals surface area contributed by atoms with Gasteiger partial charge in [-0.25, -0.2) is 4.79 Å². The third-order valence-electron chi connectivity index (χ3n) is 3.72. The molecule has 0 fully saturated rings. The van der Waals surface area contributed by atoms with E-state index in [0.29, 0.717) is 16.3 Å². The molecule has 5 nitrogen and oxygen atoms in total. The first-order valence-electron chi connectivity index (χ1n) is 7.74. The maximum atomic E-state index is 12.5. The molecule has 6 heteroatoms. The molecule has 1 aliphatic heterocycles. The van der Waals surface area contributed by atoms with Crippen LogP contribution in [0.2, 0.25) is 5.02 Å². The van der Waals surface area contributed by atoms with E-state index in [-0.39, 0.29) is 18.1 Å². The Morgan fingerprint density at radius 3 is 2.56 bits per heavy atom. The van der Waals surface area contributed by atoms with Gasteiger partial charge in [-0.3, -0.25) is 4.79 Å². The van der Waals surface area contributed by atoms with Gasteiger partial charge in [0, 0.05) is 16.3 Å². The van der Waals surface area contributed by atoms with Gasteiger partial charge in [-0.15, -0.1) is 0 Å². The lowest BCUT2D eigenvalue weighted by Gasteiger charge is -2.15. The molecule has 0 aromatic heterocycles. The number of anilines is 1. The van der Waals surface area contributed by atoms with Gasteiger partial charge < -0.3 is 14.8 Å². The van der Waals surface area contributed by atoms with Crippen LogP contribution in [0.4, 0.5) is 5.69 Å². The number of carbonyl (C=O) groups is 2. The van der Waals surface area contributed by atoms with E-state index >= 15 is 0 Å². The minimum Gasteiger partial charge on any atom is -0.470 e. The number of esters is 1. The lowest BCUT2D eigenvalue weighted by Crippen LogP contribution is -2.18. The van der Waals surface area contributed by atoms with Gasteiger partial charge in [0.15, 0.2) is 12.2 Å². The third kappa shape index (κ3) is 3.83. The first-order chi connectivity index (χ1) is 12.1. The average molecular weight is 358 g/mol. The number of hydrogen-bond acceptors (Lipinski definition) is 5. The van der Waals surface area contributed by atoms with Crippen LogP contribution in [0.1, 0.15) is 18.6 Å². The molecule has 0 spiro atoms. The molecule has 0 unspecified atom stereocenters. The van der Waals surface area contributed by atoms with E-state index in [1.54, 1.807) is 43.3 Å². The average Bonchev–Trinajstić information content (AvgIpc) is 2.96. The summed E-state index contributed by atoms with van der Waals surface area (Å²) in [5.74, 6) is -1.06. The van der Waals surface area contributed by atoms with Gasteiger partial charge in [0.1, 0.15) is 6.10 Å². The molecule has 25 heavy (non-hydrogen) atoms. The number of halogens is 1. The number of Topliss-reactive ketones (excluding diaryl/α,β-unsaturated/α-hetero) is 1. The van der Waals surface area contributed by atoms with Gasteiger partial charge in [0.2, 0.25) is 11.7 Å². The summed E-state index contributed by atoms with van der Waals surface area (Å²) in [6, 6.07) is 16.2. The van der Waals surface area contributed by atoms with Crippen LogP contribution < -0.4 is 5.32 Å². The molecule has 1 aliphatic rings. The highest BCUT2D eigenvalue weighted by Crippen LogP contribution is 2.27. The Morgan fingerprint density at radius 1 is 1.16 bits per heavy atom. The van der Waals surface area contributed by atoms with Crippen molar-refractivity contribution < 1.29 is 19.1 Å². The minimum absolute atomic E-state index is 0.104. The Labute approximate surface area is 150 Å². The molecule has 0 radical (unpaired) electrons. The number of carbonyl (C=O) groups excluding carboxylic acids is 2. The van der Waals surface area contributed by atoms with Crippen LogP contribution in [0.3, 0.4) is 0 Å². The summed E-state index contributed by atoms with van der Waals surface area (Å²) in [4.78, 5) is 24.5. The van der Waals surface area contributed by atoms with Crippen LogP contribution in [-0.4, -0.2) is 18.4 Å². The maximum Gasteiger partial charge on any atom is 0.348 e. The zero-order valence-corrected chi connectivity index (χ0v) is 14.2. The van der Waals surface area contributed by atoms with E-state index in [1.807, 2.05) is 18.2 Å². The number of ether oxygens (including phenoxy) is 2. The number of ketones is 1. The van der Waals surface area contributed by atoms with Gasteiger partial charge in [0.25, 0.3) is 0 Å². The van der Waals surface area contributed by atoms with E-state index in [9.17, 15) is 9.59 Å². The Balaban J connectivity index is 1.80. The molecule has 2 aromatic rings. The largest absolute Gasteiger partial charge is 0.470 e. The lowest BCUT2D eigenvalue weighted by molar-refractivity contribution is -0.144. The quantitative estimate of drug-likeness (QED) is 0.650. The van der Waals surface area contributed by atoms with Crippen molar-refractivity contribution in [2.24, 2.45) is 0 Å². The second kappa shape index (κ2) is 7.40. The Kier molecular flexibility index (Phi) is 5.05. The summed E-state index contributed by atoms with van der Waals surface area (Å²) in [5.41, 5.74) is 1.25. The van der Waals surface area contributed by atoms with Crippen molar-refractivity contribution >= 4 is 29.0 Å². The molecule has 3 rings (SSSR count). The van der Waals surface area contributed by atoms with E-state index in [2.05, 4.69) is 5.32 Å². The summed E-state index contributed by atoms with van der Waals surface area (Å²) in [6.07, 6.45) is -0.597. The van der Waals surface area contributed by atoms with Crippen LogP contribution in [0.5, 0.6) is 0 Å². The zero-order chi connectivity index (χ0) is 17.8. The summed E-state index contributed by atoms with van der Waals surface area (Å²) in [7, 11) is 0. The maximum absolute atomic E-state index is 12.5. The second-order valence-electron chi connectivity index (χ2n) is 5.48. The van der Waals surface area contributed by atoms with Crippen molar-refractivity contribution in [1.82, 2.24) is 0 Å². The normalized spacial score (nSPS) is 14.9. The minimum atomic E-state index is -0.742. The third-order valence-corrected chi connectivity index (χ3v) is 4.06. The molecule has 0 saturated carbocycles. The molecular weight excluding hydrogens is 342 g/mol. The first-order valence-corrected chi connectivity index (χ1v) is 8.12. The van der Waals surface area contributed by atoms with Crippen molar-refractivity contribution in [3.63, 3.8) is 0 Å². The van der Waals surface area contributed by atoms with Crippen LogP contribution >= 0.6 is 11.6 Å². The monoisotopic (exact) mass is 357 g/mol. The summed E-state index contributed by atoms with van der Waals surface area (Å²) in [6.45, 7) is 1.50. The van der Waals surface area contributed by atoms with Gasteiger partial charge in [-0.2, -0.15) is 0 Å². The molecule has 0 bridgehead atoms. The molecule has 1 atom stereocenters. The second-order valence-corrected chi connectivity index (χ2v) is 5.88. The SMILES string of the molecule is C[C@@H](OC(=O)C1=C(Nc2ccccc2)OCC1=O)c1ccccc1Cl. The smallest absolute Gasteiger partial charge is 0.348 e. The summed E-state index contributed by atoms with van der Waals surface area (Å²) < 4.78 is 10.7. The summed E-state index contributed by atoms with van der Waals surface area (Å²) >= 11 is 6.12. The Hall–Kier alpha value is -2.79. The van der Waals surface area contributed by atoms with Crippen LogP contribution in [0, 0.1) is 0 Å². The molecule has 0 amide bonds. The van der Waals surface area contributed by atoms with Gasteiger partial charge in [-0.05, 0) is 25.1 Å². The molecule has 0 aliphatic carbocycles. The number of rotatable bonds is 5. The van der Waals surface area contributed by atoms with Crippen LogP contribution in [-0.2, 0) is 19.1 Å². The van der Waals surface area contributed by atoms with Crippen LogP contribution in [0.15, 0.2) is 66.1 Å². The van der Waals surface area contributed by atoms with Gasteiger partial charge >= 0.3 is 5.97 Å². The highest BCUT2D eigenvalue weighted by Gasteiger charge is 2.33. The zero-order valence-electron chi connectivity index (χ0n) is 13.5. The Bertz CT molecular complexity index is 832. The highest BCUT2D eigenvalue weighted by molar-refractivity contribution is 6.31. The predicted molar refractivity (Wildman–Crippen MR) is 94.0 cm³/mol. The number of hydrogen-bond donors (Lipinski definition) is 1. The number of benzene rings is 2. The fourth-order valence-electron chi connectivity index (χ4n) is 2.45. The highest BCUT2D eigenvalue weighted by atomic mass is 35.5. The van der Waals surface area contributed by atoms with Crippen molar-refractivity contribution in [2.45, 2.75) is 13.0 Å². The topological polar surface area (TPSA) is 64.6 Å². The fraction of sp³-hybridized carbons (Fsp3) is 0.158. The van der Waals surface area contributed by atoms with Crippen molar-refractivity contribution in [2.75, 3.05) is 11.9 Å². The van der Waals surface area contributed by atoms with Crippen molar-refractivity contribution in [3.05, 3.63) is 76.6 Å². The van der Waals surface area contributed by atoms with E-state index in [4.69, 9.17) is 21.1 Å². The molecule has 1 heterocycles. The molecule has 2 aromatic carbocycles. The molecular formula is C19H16ClNO4. The first kappa shape index (κ1) is 17.0.